The van der Waals surface area contributed by atoms with E-state index in [1.165, 1.54) is 0 Å². The minimum atomic E-state index is -4.46. The highest BCUT2D eigenvalue weighted by atomic mass is 35.5. The maximum Gasteiger partial charge on any atom is 0.417 e. The van der Waals surface area contributed by atoms with Crippen LogP contribution in [0.2, 0.25) is 5.02 Å². The predicted octanol–water partition coefficient (Wildman–Crippen LogP) is 3.72. The van der Waals surface area contributed by atoms with Crippen molar-refractivity contribution < 1.29 is 17.6 Å². The number of aromatic nitrogens is 1. The average molecular weight is 430 g/mol. The zero-order valence-electron chi connectivity index (χ0n) is 16.0. The number of hydrogen-bond acceptors (Lipinski definition) is 4. The molecule has 2 N–H and O–H groups in total. The van der Waals surface area contributed by atoms with Gasteiger partial charge in [-0.25, -0.2) is 4.98 Å². The Labute approximate surface area is 172 Å². The summed E-state index contributed by atoms with van der Waals surface area (Å²) in [5.74, 6) is 1.93. The molecule has 0 amide bonds. The van der Waals surface area contributed by atoms with Crippen LogP contribution in [0.4, 0.5) is 19.0 Å². The fourth-order valence-electron chi connectivity index (χ4n) is 3.13. The summed E-state index contributed by atoms with van der Waals surface area (Å²) in [4.78, 5) is 10.4. The Morgan fingerprint density at radius 3 is 2.93 bits per heavy atom. The van der Waals surface area contributed by atoms with Gasteiger partial charge in [0.2, 0.25) is 0 Å². The molecule has 1 saturated heterocycles. The zero-order chi connectivity index (χ0) is 20.9. The minimum Gasteiger partial charge on any atom is -0.469 e. The highest BCUT2D eigenvalue weighted by Gasteiger charge is 2.33. The number of halogens is 4. The molecule has 1 aliphatic heterocycles. The van der Waals surface area contributed by atoms with Crippen molar-refractivity contribution in [2.75, 3.05) is 31.1 Å². The zero-order valence-corrected chi connectivity index (χ0v) is 16.7. The Balaban J connectivity index is 1.59. The van der Waals surface area contributed by atoms with Gasteiger partial charge in [0.1, 0.15) is 11.6 Å². The third-order valence-corrected chi connectivity index (χ3v) is 4.81. The highest BCUT2D eigenvalue weighted by Crippen LogP contribution is 2.34. The van der Waals surface area contributed by atoms with Crippen molar-refractivity contribution in [3.8, 4) is 0 Å². The van der Waals surface area contributed by atoms with Crippen LogP contribution in [0.3, 0.4) is 0 Å². The molecule has 0 radical (unpaired) electrons. The van der Waals surface area contributed by atoms with Gasteiger partial charge in [0, 0.05) is 44.8 Å². The molecule has 0 saturated carbocycles. The molecule has 1 fully saturated rings. The van der Waals surface area contributed by atoms with Gasteiger partial charge in [-0.2, -0.15) is 13.2 Å². The van der Waals surface area contributed by atoms with Crippen LogP contribution < -0.4 is 15.5 Å². The van der Waals surface area contributed by atoms with Crippen molar-refractivity contribution >= 4 is 23.4 Å². The number of nitrogens with zero attached hydrogens (tertiary/aromatic N) is 3. The lowest BCUT2D eigenvalue weighted by Gasteiger charge is -2.21. The molecular weight excluding hydrogens is 407 g/mol. The Bertz CT molecular complexity index is 826. The number of rotatable bonds is 6. The number of furan rings is 1. The summed E-state index contributed by atoms with van der Waals surface area (Å²) >= 11 is 6.07. The molecule has 1 unspecified atom stereocenters. The number of anilines is 1. The van der Waals surface area contributed by atoms with E-state index >= 15 is 0 Å². The van der Waals surface area contributed by atoms with Gasteiger partial charge in [-0.3, -0.25) is 4.99 Å². The fraction of sp³-hybridized carbons (Fsp3) is 0.474. The molecule has 29 heavy (non-hydrogen) atoms. The fourth-order valence-corrected chi connectivity index (χ4v) is 3.42. The second-order valence-corrected chi connectivity index (χ2v) is 7.10. The second-order valence-electron chi connectivity index (χ2n) is 6.69. The van der Waals surface area contributed by atoms with Gasteiger partial charge >= 0.3 is 6.18 Å². The third-order valence-electron chi connectivity index (χ3n) is 4.53. The molecule has 3 rings (SSSR count). The lowest BCUT2D eigenvalue weighted by Crippen LogP contribution is -2.44. The summed E-state index contributed by atoms with van der Waals surface area (Å²) in [7, 11) is 0. The number of alkyl halides is 3. The van der Waals surface area contributed by atoms with E-state index in [0.717, 1.165) is 31.0 Å². The first-order valence-electron chi connectivity index (χ1n) is 9.41. The number of guanidine groups is 1. The number of pyridine rings is 1. The van der Waals surface area contributed by atoms with Gasteiger partial charge in [-0.05, 0) is 31.5 Å². The predicted molar refractivity (Wildman–Crippen MR) is 106 cm³/mol. The van der Waals surface area contributed by atoms with Crippen molar-refractivity contribution in [2.45, 2.75) is 32.0 Å². The Hall–Kier alpha value is -2.42. The molecule has 0 spiro atoms. The quantitative estimate of drug-likeness (QED) is 0.541. The van der Waals surface area contributed by atoms with Crippen LogP contribution in [0.5, 0.6) is 0 Å². The van der Waals surface area contributed by atoms with Gasteiger partial charge in [0.25, 0.3) is 0 Å². The van der Waals surface area contributed by atoms with Crippen LogP contribution in [0, 0.1) is 0 Å². The summed E-state index contributed by atoms with van der Waals surface area (Å²) in [6, 6.07) is 4.75. The van der Waals surface area contributed by atoms with E-state index in [9.17, 15) is 13.2 Å². The van der Waals surface area contributed by atoms with Crippen molar-refractivity contribution in [1.82, 2.24) is 15.6 Å². The van der Waals surface area contributed by atoms with Crippen molar-refractivity contribution in [3.63, 3.8) is 0 Å². The van der Waals surface area contributed by atoms with E-state index in [2.05, 4.69) is 20.6 Å². The van der Waals surface area contributed by atoms with Gasteiger partial charge in [-0.1, -0.05) is 11.6 Å². The SMILES string of the molecule is CCNC(=NCCc1ccco1)NC1CCN(c2ncc(C(F)(F)F)cc2Cl)C1. The molecule has 158 valence electrons. The molecule has 2 aromatic rings. The van der Waals surface area contributed by atoms with E-state index in [1.54, 1.807) is 6.26 Å². The normalized spacial score (nSPS) is 17.6. The maximum absolute atomic E-state index is 12.8. The molecule has 0 bridgehead atoms. The summed E-state index contributed by atoms with van der Waals surface area (Å²) in [6.07, 6.45) is -0.512. The topological polar surface area (TPSA) is 65.7 Å². The van der Waals surface area contributed by atoms with Gasteiger partial charge in [0.15, 0.2) is 5.96 Å². The Morgan fingerprint density at radius 2 is 2.28 bits per heavy atom. The van der Waals surface area contributed by atoms with E-state index in [4.69, 9.17) is 16.0 Å². The number of aliphatic imine (C=N–C) groups is 1. The lowest BCUT2D eigenvalue weighted by atomic mass is 10.2. The molecule has 0 aromatic carbocycles. The first kappa shape index (κ1) is 21.3. The first-order valence-corrected chi connectivity index (χ1v) is 9.79. The maximum atomic E-state index is 12.8. The number of hydrogen-bond donors (Lipinski definition) is 2. The van der Waals surface area contributed by atoms with Gasteiger partial charge in [0.05, 0.1) is 16.8 Å². The van der Waals surface area contributed by atoms with E-state index < -0.39 is 11.7 Å². The molecule has 6 nitrogen and oxygen atoms in total. The van der Waals surface area contributed by atoms with Crippen LogP contribution in [-0.4, -0.2) is 43.2 Å². The van der Waals surface area contributed by atoms with Crippen LogP contribution in [-0.2, 0) is 12.6 Å². The number of nitrogens with one attached hydrogen (secondary N) is 2. The van der Waals surface area contributed by atoms with E-state index in [1.807, 2.05) is 24.0 Å². The van der Waals surface area contributed by atoms with Crippen molar-refractivity contribution in [2.24, 2.45) is 4.99 Å². The second kappa shape index (κ2) is 9.39. The summed E-state index contributed by atoms with van der Waals surface area (Å²) in [6.45, 7) is 4.49. The summed E-state index contributed by atoms with van der Waals surface area (Å²) in [5.41, 5.74) is -0.849. The van der Waals surface area contributed by atoms with Gasteiger partial charge in [-0.15, -0.1) is 0 Å². The first-order chi connectivity index (χ1) is 13.9. The van der Waals surface area contributed by atoms with Gasteiger partial charge < -0.3 is 20.0 Å². The summed E-state index contributed by atoms with van der Waals surface area (Å²) < 4.78 is 43.7. The van der Waals surface area contributed by atoms with E-state index in [0.29, 0.717) is 37.8 Å². The molecule has 2 aromatic heterocycles. The van der Waals surface area contributed by atoms with Crippen LogP contribution >= 0.6 is 11.6 Å². The Morgan fingerprint density at radius 1 is 1.45 bits per heavy atom. The van der Waals surface area contributed by atoms with E-state index in [-0.39, 0.29) is 11.1 Å². The molecule has 3 heterocycles. The smallest absolute Gasteiger partial charge is 0.417 e. The van der Waals surface area contributed by atoms with Crippen LogP contribution in [0.1, 0.15) is 24.7 Å². The van der Waals surface area contributed by atoms with Crippen molar-refractivity contribution in [3.05, 3.63) is 47.0 Å². The Kier molecular flexibility index (Phi) is 6.89. The third kappa shape index (κ3) is 5.79. The highest BCUT2D eigenvalue weighted by molar-refractivity contribution is 6.33. The average Bonchev–Trinajstić information content (AvgIpc) is 3.33. The largest absolute Gasteiger partial charge is 0.469 e. The lowest BCUT2D eigenvalue weighted by molar-refractivity contribution is -0.137. The molecule has 10 heteroatoms. The molecular formula is C19H23ClF3N5O. The van der Waals surface area contributed by atoms with Crippen molar-refractivity contribution in [1.29, 1.82) is 0 Å². The molecule has 1 atom stereocenters. The minimum absolute atomic E-state index is 0.000466. The molecule has 1 aliphatic rings. The monoisotopic (exact) mass is 429 g/mol. The standard InChI is InChI=1S/C19H23ClF3N5O/c1-2-24-18(25-7-5-15-4-3-9-29-15)27-14-6-8-28(12-14)17-16(20)10-13(11-26-17)19(21,22)23/h3-4,9-11,14H,2,5-8,12H2,1H3,(H2,24,25,27). The van der Waals surface area contributed by atoms with Crippen LogP contribution in [0.15, 0.2) is 40.1 Å². The molecule has 0 aliphatic carbocycles. The summed E-state index contributed by atoms with van der Waals surface area (Å²) in [5, 5.41) is 6.57. The van der Waals surface area contributed by atoms with Crippen LogP contribution in [0.25, 0.3) is 0 Å².